The van der Waals surface area contributed by atoms with E-state index in [1.165, 1.54) is 5.57 Å². The fraction of sp³-hybridized carbons (Fsp3) is 0.250. The Labute approximate surface area is 136 Å². The standard InChI is InChI=1S/C20H20O3/c1-14(2)10-11-22-16-8-9-17-18(21)13-19(23-20(17)12-16)15-6-4-3-5-7-15/h3-10,12,19H,11,13H2,1-2H3/t19-/m1/s1. The first-order valence-corrected chi connectivity index (χ1v) is 7.78. The molecule has 118 valence electrons. The highest BCUT2D eigenvalue weighted by molar-refractivity contribution is 6.00. The van der Waals surface area contributed by atoms with Gasteiger partial charge in [-0.15, -0.1) is 0 Å². The van der Waals surface area contributed by atoms with E-state index in [9.17, 15) is 4.79 Å². The van der Waals surface area contributed by atoms with Gasteiger partial charge in [0, 0.05) is 6.07 Å². The summed E-state index contributed by atoms with van der Waals surface area (Å²) in [5.41, 5.74) is 2.85. The van der Waals surface area contributed by atoms with Gasteiger partial charge in [-0.1, -0.05) is 35.9 Å². The van der Waals surface area contributed by atoms with Gasteiger partial charge in [-0.05, 0) is 37.6 Å². The fourth-order valence-electron chi connectivity index (χ4n) is 2.55. The van der Waals surface area contributed by atoms with Crippen LogP contribution in [0.25, 0.3) is 0 Å². The lowest BCUT2D eigenvalue weighted by Gasteiger charge is -2.26. The van der Waals surface area contributed by atoms with Crippen LogP contribution in [0.4, 0.5) is 0 Å². The third-order valence-corrected chi connectivity index (χ3v) is 3.81. The molecule has 0 spiro atoms. The summed E-state index contributed by atoms with van der Waals surface area (Å²) in [4.78, 5) is 12.4. The molecule has 0 aliphatic carbocycles. The summed E-state index contributed by atoms with van der Waals surface area (Å²) < 4.78 is 11.7. The van der Waals surface area contributed by atoms with Crippen molar-refractivity contribution in [3.63, 3.8) is 0 Å². The first kappa shape index (κ1) is 15.3. The van der Waals surface area contributed by atoms with Crippen LogP contribution in [-0.2, 0) is 0 Å². The number of ketones is 1. The third kappa shape index (κ3) is 3.62. The van der Waals surface area contributed by atoms with Crippen LogP contribution in [0.3, 0.4) is 0 Å². The second-order valence-electron chi connectivity index (χ2n) is 5.89. The Kier molecular flexibility index (Phi) is 4.47. The van der Waals surface area contributed by atoms with Gasteiger partial charge in [0.1, 0.15) is 24.2 Å². The van der Waals surface area contributed by atoms with Crippen molar-refractivity contribution in [2.24, 2.45) is 0 Å². The van der Waals surface area contributed by atoms with Gasteiger partial charge in [-0.3, -0.25) is 4.79 Å². The Hall–Kier alpha value is -2.55. The summed E-state index contributed by atoms with van der Waals surface area (Å²) in [6, 6.07) is 15.3. The zero-order valence-electron chi connectivity index (χ0n) is 13.4. The van der Waals surface area contributed by atoms with Crippen molar-refractivity contribution < 1.29 is 14.3 Å². The lowest BCUT2D eigenvalue weighted by Crippen LogP contribution is -2.20. The van der Waals surface area contributed by atoms with E-state index in [2.05, 4.69) is 0 Å². The van der Waals surface area contributed by atoms with E-state index < -0.39 is 0 Å². The van der Waals surface area contributed by atoms with Crippen molar-refractivity contribution in [1.29, 1.82) is 0 Å². The number of carbonyl (C=O) groups excluding carboxylic acids is 1. The number of allylic oxidation sites excluding steroid dienone is 1. The molecule has 1 heterocycles. The highest BCUT2D eigenvalue weighted by Crippen LogP contribution is 2.36. The molecule has 3 heteroatoms. The number of carbonyl (C=O) groups is 1. The molecule has 2 aromatic rings. The van der Waals surface area contributed by atoms with E-state index >= 15 is 0 Å². The van der Waals surface area contributed by atoms with Crippen LogP contribution < -0.4 is 9.47 Å². The number of Topliss-reactive ketones (excluding diaryl/α,β-unsaturated/α-hetero) is 1. The fourth-order valence-corrected chi connectivity index (χ4v) is 2.55. The van der Waals surface area contributed by atoms with Crippen LogP contribution >= 0.6 is 0 Å². The quantitative estimate of drug-likeness (QED) is 0.765. The molecule has 0 amide bonds. The van der Waals surface area contributed by atoms with Gasteiger partial charge in [0.25, 0.3) is 0 Å². The van der Waals surface area contributed by atoms with Crippen LogP contribution in [0.15, 0.2) is 60.2 Å². The summed E-state index contributed by atoms with van der Waals surface area (Å²) in [7, 11) is 0. The number of hydrogen-bond donors (Lipinski definition) is 0. The van der Waals surface area contributed by atoms with Gasteiger partial charge in [-0.25, -0.2) is 0 Å². The van der Waals surface area contributed by atoms with Crippen LogP contribution in [0.5, 0.6) is 11.5 Å². The normalized spacial score (nSPS) is 16.3. The molecule has 0 N–H and O–H groups in total. The maximum atomic E-state index is 12.4. The average Bonchev–Trinajstić information content (AvgIpc) is 2.55. The Morgan fingerprint density at radius 1 is 1.22 bits per heavy atom. The number of fused-ring (bicyclic) bond motifs is 1. The molecule has 3 nitrogen and oxygen atoms in total. The summed E-state index contributed by atoms with van der Waals surface area (Å²) in [5.74, 6) is 1.42. The molecular formula is C20H20O3. The lowest BCUT2D eigenvalue weighted by atomic mass is 9.96. The summed E-state index contributed by atoms with van der Waals surface area (Å²) in [6.45, 7) is 4.57. The molecule has 1 aliphatic rings. The van der Waals surface area contributed by atoms with E-state index in [-0.39, 0.29) is 11.9 Å². The van der Waals surface area contributed by atoms with Crippen molar-refractivity contribution in [1.82, 2.24) is 0 Å². The second-order valence-corrected chi connectivity index (χ2v) is 5.89. The zero-order chi connectivity index (χ0) is 16.2. The van der Waals surface area contributed by atoms with Crippen molar-refractivity contribution in [2.45, 2.75) is 26.4 Å². The number of hydrogen-bond acceptors (Lipinski definition) is 3. The van der Waals surface area contributed by atoms with Crippen molar-refractivity contribution in [3.05, 3.63) is 71.3 Å². The van der Waals surface area contributed by atoms with Crippen molar-refractivity contribution in [3.8, 4) is 11.5 Å². The molecule has 23 heavy (non-hydrogen) atoms. The van der Waals surface area contributed by atoms with Crippen LogP contribution in [0, 0.1) is 0 Å². The highest BCUT2D eigenvalue weighted by Gasteiger charge is 2.27. The number of benzene rings is 2. The maximum absolute atomic E-state index is 12.4. The van der Waals surface area contributed by atoms with E-state index in [4.69, 9.17) is 9.47 Å². The molecule has 0 unspecified atom stereocenters. The minimum absolute atomic E-state index is 0.107. The SMILES string of the molecule is CC(C)=CCOc1ccc2c(c1)O[C@@H](c1ccccc1)CC2=O. The molecule has 0 bridgehead atoms. The number of rotatable bonds is 4. The van der Waals surface area contributed by atoms with E-state index in [0.29, 0.717) is 30.1 Å². The molecule has 1 atom stereocenters. The molecule has 0 aromatic heterocycles. The molecule has 3 rings (SSSR count). The third-order valence-electron chi connectivity index (χ3n) is 3.81. The zero-order valence-corrected chi connectivity index (χ0v) is 13.4. The Bertz CT molecular complexity index is 728. The lowest BCUT2D eigenvalue weighted by molar-refractivity contribution is 0.0849. The molecule has 2 aromatic carbocycles. The van der Waals surface area contributed by atoms with Gasteiger partial charge >= 0.3 is 0 Å². The van der Waals surface area contributed by atoms with Crippen molar-refractivity contribution >= 4 is 5.78 Å². The van der Waals surface area contributed by atoms with Gasteiger partial charge in [0.05, 0.1) is 12.0 Å². The maximum Gasteiger partial charge on any atom is 0.170 e. The van der Waals surface area contributed by atoms with E-state index in [1.807, 2.05) is 56.3 Å². The second kappa shape index (κ2) is 6.69. The van der Waals surface area contributed by atoms with Crippen LogP contribution in [0.1, 0.15) is 42.3 Å². The van der Waals surface area contributed by atoms with Gasteiger partial charge in [0.2, 0.25) is 0 Å². The van der Waals surface area contributed by atoms with E-state index in [0.717, 1.165) is 5.56 Å². The summed E-state index contributed by atoms with van der Waals surface area (Å²) >= 11 is 0. The molecular weight excluding hydrogens is 288 g/mol. The largest absolute Gasteiger partial charge is 0.489 e. The van der Waals surface area contributed by atoms with Crippen LogP contribution in [-0.4, -0.2) is 12.4 Å². The molecule has 0 fully saturated rings. The minimum atomic E-state index is -0.232. The van der Waals surface area contributed by atoms with Gasteiger partial charge in [0.15, 0.2) is 5.78 Å². The Balaban J connectivity index is 1.81. The summed E-state index contributed by atoms with van der Waals surface area (Å²) in [6.07, 6.45) is 2.15. The molecule has 0 radical (unpaired) electrons. The van der Waals surface area contributed by atoms with Crippen molar-refractivity contribution in [2.75, 3.05) is 6.61 Å². The Morgan fingerprint density at radius 3 is 2.74 bits per heavy atom. The topological polar surface area (TPSA) is 35.5 Å². The first-order valence-electron chi connectivity index (χ1n) is 7.78. The molecule has 1 aliphatic heterocycles. The van der Waals surface area contributed by atoms with Gasteiger partial charge < -0.3 is 9.47 Å². The smallest absolute Gasteiger partial charge is 0.170 e. The Morgan fingerprint density at radius 2 is 2.00 bits per heavy atom. The first-order chi connectivity index (χ1) is 11.1. The average molecular weight is 308 g/mol. The van der Waals surface area contributed by atoms with Crippen LogP contribution in [0.2, 0.25) is 0 Å². The molecule has 0 saturated carbocycles. The minimum Gasteiger partial charge on any atom is -0.489 e. The van der Waals surface area contributed by atoms with E-state index in [1.54, 1.807) is 12.1 Å². The predicted molar refractivity (Wildman–Crippen MR) is 90.1 cm³/mol. The van der Waals surface area contributed by atoms with Gasteiger partial charge in [-0.2, -0.15) is 0 Å². The highest BCUT2D eigenvalue weighted by atomic mass is 16.5. The molecule has 0 saturated heterocycles. The monoisotopic (exact) mass is 308 g/mol. The predicted octanol–water partition coefficient (Wildman–Crippen LogP) is 4.74. The number of ether oxygens (including phenoxy) is 2. The summed E-state index contributed by atoms with van der Waals surface area (Å²) in [5, 5.41) is 0.